The highest BCUT2D eigenvalue weighted by Crippen LogP contribution is 2.22. The maximum absolute atomic E-state index is 13.1. The average Bonchev–Trinajstić information content (AvgIpc) is 3.24. The SMILES string of the molecule is COc1cncc(OC2CCCN(C(=O)c3cc(-c4ccc(F)cc4)n[nH]3)C2)n1. The number of nitrogens with one attached hydrogen (secondary N) is 1. The second-order valence-corrected chi connectivity index (χ2v) is 6.71. The van der Waals surface area contributed by atoms with Gasteiger partial charge in [-0.3, -0.25) is 14.9 Å². The summed E-state index contributed by atoms with van der Waals surface area (Å²) in [6.07, 6.45) is 4.46. The lowest BCUT2D eigenvalue weighted by Crippen LogP contribution is -2.44. The molecule has 0 saturated carbocycles. The number of carbonyl (C=O) groups is 1. The standard InChI is InChI=1S/C20H20FN5O3/c1-28-18-10-22-11-19(23-18)29-15-3-2-8-26(12-15)20(27)17-9-16(24-25-17)13-4-6-14(21)7-5-13/h4-7,9-11,15H,2-3,8,12H2,1H3,(H,24,25). The molecule has 2 aromatic heterocycles. The Morgan fingerprint density at radius 2 is 2.03 bits per heavy atom. The molecule has 29 heavy (non-hydrogen) atoms. The summed E-state index contributed by atoms with van der Waals surface area (Å²) < 4.78 is 24.0. The van der Waals surface area contributed by atoms with Crippen molar-refractivity contribution in [3.05, 3.63) is 54.2 Å². The van der Waals surface area contributed by atoms with Gasteiger partial charge in [0.25, 0.3) is 5.91 Å². The molecule has 3 heterocycles. The van der Waals surface area contributed by atoms with E-state index in [1.165, 1.54) is 31.6 Å². The van der Waals surface area contributed by atoms with Crippen LogP contribution in [-0.2, 0) is 0 Å². The first-order chi connectivity index (χ1) is 14.1. The van der Waals surface area contributed by atoms with E-state index < -0.39 is 0 Å². The van der Waals surface area contributed by atoms with Crippen molar-refractivity contribution < 1.29 is 18.7 Å². The van der Waals surface area contributed by atoms with Crippen LogP contribution in [0, 0.1) is 5.82 Å². The predicted octanol–water partition coefficient (Wildman–Crippen LogP) is 2.70. The van der Waals surface area contributed by atoms with Crippen molar-refractivity contribution in [1.29, 1.82) is 0 Å². The van der Waals surface area contributed by atoms with Crippen LogP contribution in [0.25, 0.3) is 11.3 Å². The Bertz CT molecular complexity index is 992. The van der Waals surface area contributed by atoms with Gasteiger partial charge in [-0.15, -0.1) is 0 Å². The number of nitrogens with zero attached hydrogens (tertiary/aromatic N) is 4. The second-order valence-electron chi connectivity index (χ2n) is 6.71. The molecule has 1 fully saturated rings. The normalized spacial score (nSPS) is 16.5. The summed E-state index contributed by atoms with van der Waals surface area (Å²) in [4.78, 5) is 22.8. The third kappa shape index (κ3) is 4.34. The molecule has 0 aliphatic carbocycles. The predicted molar refractivity (Wildman–Crippen MR) is 102 cm³/mol. The monoisotopic (exact) mass is 397 g/mol. The number of methoxy groups -OCH3 is 1. The average molecular weight is 397 g/mol. The number of H-pyrrole nitrogens is 1. The number of hydrogen-bond acceptors (Lipinski definition) is 6. The summed E-state index contributed by atoms with van der Waals surface area (Å²) in [5.41, 5.74) is 1.70. The quantitative estimate of drug-likeness (QED) is 0.712. The first-order valence-corrected chi connectivity index (χ1v) is 9.25. The minimum Gasteiger partial charge on any atom is -0.480 e. The van der Waals surface area contributed by atoms with Gasteiger partial charge in [-0.2, -0.15) is 10.1 Å². The van der Waals surface area contributed by atoms with Crippen LogP contribution in [0.4, 0.5) is 4.39 Å². The molecule has 9 heteroatoms. The molecule has 0 bridgehead atoms. The Labute approximate surface area is 166 Å². The van der Waals surface area contributed by atoms with Crippen LogP contribution >= 0.6 is 0 Å². The zero-order chi connectivity index (χ0) is 20.2. The van der Waals surface area contributed by atoms with Crippen molar-refractivity contribution in [3.8, 4) is 23.0 Å². The number of halogens is 1. The van der Waals surface area contributed by atoms with Gasteiger partial charge in [0, 0.05) is 12.1 Å². The summed E-state index contributed by atoms with van der Waals surface area (Å²) in [6.45, 7) is 1.07. The summed E-state index contributed by atoms with van der Waals surface area (Å²) in [5, 5.41) is 6.96. The smallest absolute Gasteiger partial charge is 0.272 e. The van der Waals surface area contributed by atoms with Crippen LogP contribution in [0.15, 0.2) is 42.7 Å². The Kier molecular flexibility index (Phi) is 5.37. The van der Waals surface area contributed by atoms with E-state index in [-0.39, 0.29) is 17.8 Å². The van der Waals surface area contributed by atoms with E-state index in [4.69, 9.17) is 9.47 Å². The molecule has 1 saturated heterocycles. The van der Waals surface area contributed by atoms with E-state index in [1.807, 2.05) is 0 Å². The zero-order valence-electron chi connectivity index (χ0n) is 15.8. The molecular weight excluding hydrogens is 377 g/mol. The van der Waals surface area contributed by atoms with E-state index in [0.717, 1.165) is 18.4 Å². The lowest BCUT2D eigenvalue weighted by atomic mass is 10.1. The number of ether oxygens (including phenoxy) is 2. The summed E-state index contributed by atoms with van der Waals surface area (Å²) in [5.74, 6) is 0.261. The van der Waals surface area contributed by atoms with E-state index in [1.54, 1.807) is 23.1 Å². The number of likely N-dealkylation sites (tertiary alicyclic amines) is 1. The highest BCUT2D eigenvalue weighted by atomic mass is 19.1. The Morgan fingerprint density at radius 3 is 2.83 bits per heavy atom. The number of aromatic nitrogens is 4. The molecule has 4 rings (SSSR count). The van der Waals surface area contributed by atoms with Gasteiger partial charge in [0.15, 0.2) is 0 Å². The van der Waals surface area contributed by atoms with Crippen molar-refractivity contribution in [2.75, 3.05) is 20.2 Å². The molecule has 1 aliphatic heterocycles. The van der Waals surface area contributed by atoms with Crippen molar-refractivity contribution in [2.45, 2.75) is 18.9 Å². The van der Waals surface area contributed by atoms with Crippen LogP contribution < -0.4 is 9.47 Å². The fourth-order valence-corrected chi connectivity index (χ4v) is 3.25. The Balaban J connectivity index is 1.43. The molecule has 1 amide bonds. The number of carbonyl (C=O) groups excluding carboxylic acids is 1. The van der Waals surface area contributed by atoms with Gasteiger partial charge in [-0.25, -0.2) is 4.39 Å². The number of amides is 1. The minimum absolute atomic E-state index is 0.157. The molecule has 0 radical (unpaired) electrons. The van der Waals surface area contributed by atoms with Gasteiger partial charge in [0.1, 0.15) is 17.6 Å². The highest BCUT2D eigenvalue weighted by molar-refractivity contribution is 5.93. The van der Waals surface area contributed by atoms with Crippen molar-refractivity contribution in [3.63, 3.8) is 0 Å². The van der Waals surface area contributed by atoms with Crippen LogP contribution in [0.5, 0.6) is 11.8 Å². The minimum atomic E-state index is -0.319. The fourth-order valence-electron chi connectivity index (χ4n) is 3.25. The Morgan fingerprint density at radius 1 is 1.24 bits per heavy atom. The van der Waals surface area contributed by atoms with Gasteiger partial charge in [-0.1, -0.05) is 0 Å². The first-order valence-electron chi connectivity index (χ1n) is 9.25. The molecule has 1 unspecified atom stereocenters. The van der Waals surface area contributed by atoms with Gasteiger partial charge >= 0.3 is 0 Å². The van der Waals surface area contributed by atoms with Crippen LogP contribution in [0.1, 0.15) is 23.3 Å². The third-order valence-corrected chi connectivity index (χ3v) is 4.70. The number of hydrogen-bond donors (Lipinski definition) is 1. The molecule has 1 N–H and O–H groups in total. The molecule has 1 aliphatic rings. The van der Waals surface area contributed by atoms with E-state index >= 15 is 0 Å². The lowest BCUT2D eigenvalue weighted by Gasteiger charge is -2.32. The van der Waals surface area contributed by atoms with Gasteiger partial charge in [-0.05, 0) is 43.2 Å². The topological polar surface area (TPSA) is 93.2 Å². The number of benzene rings is 1. The molecule has 8 nitrogen and oxygen atoms in total. The fraction of sp³-hybridized carbons (Fsp3) is 0.300. The third-order valence-electron chi connectivity index (χ3n) is 4.70. The molecule has 1 aromatic carbocycles. The lowest BCUT2D eigenvalue weighted by molar-refractivity contribution is 0.0520. The summed E-state index contributed by atoms with van der Waals surface area (Å²) in [6, 6.07) is 7.64. The second kappa shape index (κ2) is 8.26. The maximum atomic E-state index is 13.1. The molecule has 1 atom stereocenters. The number of rotatable bonds is 5. The summed E-state index contributed by atoms with van der Waals surface area (Å²) in [7, 11) is 1.51. The number of aromatic amines is 1. The molecule has 3 aromatic rings. The maximum Gasteiger partial charge on any atom is 0.272 e. The first kappa shape index (κ1) is 18.9. The van der Waals surface area contributed by atoms with Gasteiger partial charge < -0.3 is 14.4 Å². The molecule has 0 spiro atoms. The molecular formula is C20H20FN5O3. The van der Waals surface area contributed by atoms with E-state index in [0.29, 0.717) is 36.2 Å². The van der Waals surface area contributed by atoms with Crippen molar-refractivity contribution >= 4 is 5.91 Å². The molecule has 150 valence electrons. The van der Waals surface area contributed by atoms with Crippen LogP contribution in [-0.4, -0.2) is 57.3 Å². The van der Waals surface area contributed by atoms with Crippen LogP contribution in [0.2, 0.25) is 0 Å². The zero-order valence-corrected chi connectivity index (χ0v) is 15.8. The van der Waals surface area contributed by atoms with E-state index in [2.05, 4.69) is 20.2 Å². The van der Waals surface area contributed by atoms with Crippen molar-refractivity contribution in [2.24, 2.45) is 0 Å². The number of piperidine rings is 1. The van der Waals surface area contributed by atoms with Gasteiger partial charge in [0.2, 0.25) is 11.8 Å². The van der Waals surface area contributed by atoms with Crippen molar-refractivity contribution in [1.82, 2.24) is 25.1 Å². The summed E-state index contributed by atoms with van der Waals surface area (Å²) >= 11 is 0. The Hall–Kier alpha value is -3.49. The van der Waals surface area contributed by atoms with Gasteiger partial charge in [0.05, 0.1) is 31.7 Å². The van der Waals surface area contributed by atoms with Crippen LogP contribution in [0.3, 0.4) is 0 Å². The highest BCUT2D eigenvalue weighted by Gasteiger charge is 2.27. The largest absolute Gasteiger partial charge is 0.480 e. The van der Waals surface area contributed by atoms with E-state index in [9.17, 15) is 9.18 Å².